The minimum Gasteiger partial charge on any atom is -0.454 e. The van der Waals surface area contributed by atoms with Gasteiger partial charge in [-0.3, -0.25) is 19.7 Å². The topological polar surface area (TPSA) is 105 Å². The van der Waals surface area contributed by atoms with E-state index in [0.29, 0.717) is 18.2 Å². The monoisotopic (exact) mass is 289 g/mol. The molecule has 9 heteroatoms. The molecule has 8 nitrogen and oxygen atoms in total. The van der Waals surface area contributed by atoms with Crippen LogP contribution in [0.1, 0.15) is 6.92 Å². The molecule has 2 N–H and O–H groups in total. The van der Waals surface area contributed by atoms with E-state index in [9.17, 15) is 19.2 Å². The van der Waals surface area contributed by atoms with Gasteiger partial charge in [-0.05, 0) is 6.92 Å². The molecule has 1 heterocycles. The fourth-order valence-electron chi connectivity index (χ4n) is 1.26. The molecule has 19 heavy (non-hydrogen) atoms. The molecule has 1 fully saturated rings. The van der Waals surface area contributed by atoms with Gasteiger partial charge in [0.2, 0.25) is 5.91 Å². The standard InChI is InChI=1S/C10H15N3O5S/c1-2-11-10(17)12-7(14)4-18-9(16)3-13-6-19-5-8(13)15/h2-6H2,1H3,(H2,11,12,14,17). The van der Waals surface area contributed by atoms with Gasteiger partial charge in [0, 0.05) is 6.54 Å². The number of thioether (sulfide) groups is 1. The molecule has 0 atom stereocenters. The van der Waals surface area contributed by atoms with E-state index in [0.717, 1.165) is 0 Å². The van der Waals surface area contributed by atoms with Crippen molar-refractivity contribution in [3.8, 4) is 0 Å². The highest BCUT2D eigenvalue weighted by molar-refractivity contribution is 8.00. The minimum atomic E-state index is -0.721. The van der Waals surface area contributed by atoms with Gasteiger partial charge >= 0.3 is 12.0 Å². The van der Waals surface area contributed by atoms with Crippen LogP contribution in [0.3, 0.4) is 0 Å². The van der Waals surface area contributed by atoms with Crippen LogP contribution < -0.4 is 10.6 Å². The molecule has 0 bridgehead atoms. The van der Waals surface area contributed by atoms with Crippen molar-refractivity contribution in [2.45, 2.75) is 6.92 Å². The van der Waals surface area contributed by atoms with Crippen molar-refractivity contribution in [2.24, 2.45) is 0 Å². The number of carbonyl (C=O) groups is 4. The summed E-state index contributed by atoms with van der Waals surface area (Å²) < 4.78 is 4.66. The zero-order valence-electron chi connectivity index (χ0n) is 10.4. The summed E-state index contributed by atoms with van der Waals surface area (Å²) >= 11 is 1.41. The summed E-state index contributed by atoms with van der Waals surface area (Å²) in [7, 11) is 0. The Kier molecular flexibility index (Phi) is 6.13. The number of urea groups is 1. The number of esters is 1. The Balaban J connectivity index is 2.20. The van der Waals surface area contributed by atoms with Gasteiger partial charge in [0.1, 0.15) is 6.54 Å². The van der Waals surface area contributed by atoms with Crippen molar-refractivity contribution in [3.05, 3.63) is 0 Å². The number of nitrogens with zero attached hydrogens (tertiary/aromatic N) is 1. The van der Waals surface area contributed by atoms with Crippen LogP contribution in [0.4, 0.5) is 4.79 Å². The molecule has 0 saturated carbocycles. The quantitative estimate of drug-likeness (QED) is 0.623. The number of hydrogen-bond donors (Lipinski definition) is 2. The van der Waals surface area contributed by atoms with E-state index in [1.807, 2.05) is 5.32 Å². The van der Waals surface area contributed by atoms with Crippen LogP contribution in [0, 0.1) is 0 Å². The van der Waals surface area contributed by atoms with E-state index >= 15 is 0 Å². The molecule has 106 valence electrons. The fourth-order valence-corrected chi connectivity index (χ4v) is 2.16. The van der Waals surface area contributed by atoms with Crippen LogP contribution in [0.15, 0.2) is 0 Å². The summed E-state index contributed by atoms with van der Waals surface area (Å²) in [6.45, 7) is 1.36. The van der Waals surface area contributed by atoms with Crippen molar-refractivity contribution in [3.63, 3.8) is 0 Å². The molecule has 4 amide bonds. The number of amides is 4. The predicted molar refractivity (Wildman–Crippen MR) is 67.2 cm³/mol. The van der Waals surface area contributed by atoms with Gasteiger partial charge in [-0.15, -0.1) is 11.8 Å². The van der Waals surface area contributed by atoms with Gasteiger partial charge in [-0.1, -0.05) is 0 Å². The lowest BCUT2D eigenvalue weighted by Gasteiger charge is -2.13. The maximum atomic E-state index is 11.4. The van der Waals surface area contributed by atoms with E-state index in [2.05, 4.69) is 10.1 Å². The third-order valence-electron chi connectivity index (χ3n) is 2.10. The first kappa shape index (κ1) is 15.3. The van der Waals surface area contributed by atoms with Gasteiger partial charge in [0.05, 0.1) is 11.6 Å². The van der Waals surface area contributed by atoms with Crippen LogP contribution in [0.5, 0.6) is 0 Å². The maximum Gasteiger partial charge on any atom is 0.326 e. The van der Waals surface area contributed by atoms with E-state index in [4.69, 9.17) is 0 Å². The largest absolute Gasteiger partial charge is 0.454 e. The maximum absolute atomic E-state index is 11.4. The molecule has 0 aromatic rings. The number of hydrogen-bond acceptors (Lipinski definition) is 6. The molecule has 1 saturated heterocycles. The Labute approximate surface area is 114 Å². The van der Waals surface area contributed by atoms with Crippen LogP contribution >= 0.6 is 11.8 Å². The van der Waals surface area contributed by atoms with E-state index in [1.165, 1.54) is 16.7 Å². The molecule has 0 aromatic carbocycles. The van der Waals surface area contributed by atoms with Crippen LogP contribution in [-0.4, -0.2) is 60.0 Å². The highest BCUT2D eigenvalue weighted by atomic mass is 32.2. The second kappa shape index (κ2) is 7.62. The number of nitrogens with one attached hydrogen (secondary N) is 2. The second-order valence-electron chi connectivity index (χ2n) is 3.64. The first-order chi connectivity index (χ1) is 9.02. The Hall–Kier alpha value is -1.77. The first-order valence-electron chi connectivity index (χ1n) is 5.61. The normalized spacial score (nSPS) is 14.2. The molecule has 0 unspecified atom stereocenters. The summed E-state index contributed by atoms with van der Waals surface area (Å²) in [5.41, 5.74) is 0. The lowest BCUT2D eigenvalue weighted by Crippen LogP contribution is -2.42. The summed E-state index contributed by atoms with van der Waals surface area (Å²) in [6.07, 6.45) is 0. The third kappa shape index (κ3) is 5.60. The van der Waals surface area contributed by atoms with Crippen LogP contribution in [0.2, 0.25) is 0 Å². The number of imide groups is 1. The molecule has 1 aliphatic heterocycles. The average Bonchev–Trinajstić information content (AvgIpc) is 2.73. The van der Waals surface area contributed by atoms with Gasteiger partial charge in [0.25, 0.3) is 5.91 Å². The summed E-state index contributed by atoms with van der Waals surface area (Å²) in [4.78, 5) is 46.1. The second-order valence-corrected chi connectivity index (χ2v) is 4.59. The summed E-state index contributed by atoms with van der Waals surface area (Å²) in [5.74, 6) is -0.735. The molecule has 0 radical (unpaired) electrons. The molecular formula is C10H15N3O5S. The van der Waals surface area contributed by atoms with Gasteiger partial charge in [0.15, 0.2) is 6.61 Å². The zero-order valence-corrected chi connectivity index (χ0v) is 11.2. The fraction of sp³-hybridized carbons (Fsp3) is 0.600. The SMILES string of the molecule is CCNC(=O)NC(=O)COC(=O)CN1CSCC1=O. The van der Waals surface area contributed by atoms with Crippen molar-refractivity contribution in [1.82, 2.24) is 15.5 Å². The van der Waals surface area contributed by atoms with Gasteiger partial charge in [-0.25, -0.2) is 4.79 Å². The van der Waals surface area contributed by atoms with Crippen molar-refractivity contribution < 1.29 is 23.9 Å². The lowest BCUT2D eigenvalue weighted by atomic mass is 10.5. The lowest BCUT2D eigenvalue weighted by molar-refractivity contribution is -0.151. The van der Waals surface area contributed by atoms with Gasteiger partial charge < -0.3 is 15.0 Å². The highest BCUT2D eigenvalue weighted by Crippen LogP contribution is 2.14. The molecular weight excluding hydrogens is 274 g/mol. The van der Waals surface area contributed by atoms with E-state index < -0.39 is 24.5 Å². The Morgan fingerprint density at radius 2 is 2.16 bits per heavy atom. The van der Waals surface area contributed by atoms with E-state index in [1.54, 1.807) is 6.92 Å². The smallest absolute Gasteiger partial charge is 0.326 e. The number of rotatable bonds is 5. The highest BCUT2D eigenvalue weighted by Gasteiger charge is 2.23. The number of carbonyl (C=O) groups excluding carboxylic acids is 4. The Bertz CT molecular complexity index is 387. The zero-order chi connectivity index (χ0) is 14.3. The Morgan fingerprint density at radius 1 is 1.42 bits per heavy atom. The molecule has 1 rings (SSSR count). The van der Waals surface area contributed by atoms with Crippen LogP contribution in [-0.2, 0) is 19.1 Å². The minimum absolute atomic E-state index is 0.131. The summed E-state index contributed by atoms with van der Waals surface area (Å²) in [6, 6.07) is -0.644. The first-order valence-corrected chi connectivity index (χ1v) is 6.77. The molecule has 0 spiro atoms. The van der Waals surface area contributed by atoms with Crippen LogP contribution in [0.25, 0.3) is 0 Å². The molecule has 1 aliphatic rings. The molecule has 0 aliphatic carbocycles. The van der Waals surface area contributed by atoms with Gasteiger partial charge in [-0.2, -0.15) is 0 Å². The molecule has 0 aromatic heterocycles. The predicted octanol–water partition coefficient (Wildman–Crippen LogP) is -1.09. The van der Waals surface area contributed by atoms with E-state index in [-0.39, 0.29) is 12.5 Å². The van der Waals surface area contributed by atoms with Crippen molar-refractivity contribution in [2.75, 3.05) is 31.3 Å². The van der Waals surface area contributed by atoms with Crippen molar-refractivity contribution in [1.29, 1.82) is 0 Å². The van der Waals surface area contributed by atoms with Crippen molar-refractivity contribution >= 4 is 35.6 Å². The summed E-state index contributed by atoms with van der Waals surface area (Å²) in [5, 5.41) is 4.35. The third-order valence-corrected chi connectivity index (χ3v) is 3.05. The Morgan fingerprint density at radius 3 is 2.74 bits per heavy atom. The number of ether oxygens (including phenoxy) is 1. The average molecular weight is 289 g/mol.